The number of carboxylic acid groups (broad SMARTS) is 1. The highest BCUT2D eigenvalue weighted by atomic mass is 32.2. The van der Waals surface area contributed by atoms with E-state index in [2.05, 4.69) is 25.7 Å². The number of ketones is 1. The van der Waals surface area contributed by atoms with Crippen molar-refractivity contribution in [3.63, 3.8) is 0 Å². The molecule has 4 aliphatic rings. The monoisotopic (exact) mass is 606 g/mol. The second-order valence-electron chi connectivity index (χ2n) is 12.2. The van der Waals surface area contributed by atoms with E-state index in [-0.39, 0.29) is 71.0 Å². The van der Waals surface area contributed by atoms with Gasteiger partial charge in [0.1, 0.15) is 18.9 Å². The zero-order valence-electron chi connectivity index (χ0n) is 24.1. The van der Waals surface area contributed by atoms with E-state index in [4.69, 9.17) is 11.5 Å². The Morgan fingerprint density at radius 2 is 1.98 bits per heavy atom. The normalized spacial score (nSPS) is 32.9. The number of aliphatic carboxylic acids is 1. The van der Waals surface area contributed by atoms with Gasteiger partial charge in [0.2, 0.25) is 11.8 Å². The van der Waals surface area contributed by atoms with Crippen molar-refractivity contribution >= 4 is 35.3 Å². The molecule has 0 aromatic carbocycles. The number of nitrogens with one attached hydrogen (secondary N) is 1. The number of rotatable bonds is 12. The van der Waals surface area contributed by atoms with Gasteiger partial charge in [0.25, 0.3) is 0 Å². The summed E-state index contributed by atoms with van der Waals surface area (Å²) in [6, 6.07) is -1.54. The van der Waals surface area contributed by atoms with Crippen molar-refractivity contribution in [2.45, 2.75) is 67.9 Å². The first-order chi connectivity index (χ1) is 20.1. The summed E-state index contributed by atoms with van der Waals surface area (Å²) in [5, 5.41) is 24.1. The lowest BCUT2D eigenvalue weighted by molar-refractivity contribution is -0.168. The Bertz CT molecular complexity index is 1150. The minimum Gasteiger partial charge on any atom is -0.480 e. The van der Waals surface area contributed by atoms with Crippen molar-refractivity contribution < 1.29 is 24.3 Å². The second kappa shape index (κ2) is 12.9. The number of carbonyl (C=O) groups is 4. The number of carbonyl (C=O) groups excluding carboxylic acids is 3. The second-order valence-corrected chi connectivity index (χ2v) is 13.7. The average Bonchev–Trinajstić information content (AvgIpc) is 3.69. The molecule has 0 aliphatic carbocycles. The van der Waals surface area contributed by atoms with E-state index in [1.165, 1.54) is 15.9 Å². The minimum atomic E-state index is -1.01. The molecule has 0 radical (unpaired) electrons. The zero-order chi connectivity index (χ0) is 30.1. The molecule has 0 spiro atoms. The topological polar surface area (TPSA) is 206 Å². The number of amides is 2. The van der Waals surface area contributed by atoms with Crippen LogP contribution >= 0.6 is 11.8 Å². The summed E-state index contributed by atoms with van der Waals surface area (Å²) >= 11 is 1.58. The van der Waals surface area contributed by atoms with Gasteiger partial charge in [-0.15, -0.1) is 5.10 Å². The van der Waals surface area contributed by atoms with Gasteiger partial charge in [0, 0.05) is 74.8 Å². The number of nitrogens with two attached hydrogens (primary N) is 2. The van der Waals surface area contributed by atoms with Crippen molar-refractivity contribution in [3.8, 4) is 0 Å². The number of thioether (sulfide) groups is 1. The fourth-order valence-corrected chi connectivity index (χ4v) is 8.86. The molecule has 5 heterocycles. The Hall–Kier alpha value is -2.66. The molecule has 232 valence electrons. The largest absolute Gasteiger partial charge is 0.480 e. The summed E-state index contributed by atoms with van der Waals surface area (Å²) in [4.78, 5) is 57.2. The molecule has 1 aromatic rings. The van der Waals surface area contributed by atoms with Crippen LogP contribution in [-0.4, -0.2) is 144 Å². The Labute approximate surface area is 249 Å². The lowest BCUT2D eigenvalue weighted by Crippen LogP contribution is -2.64. The van der Waals surface area contributed by atoms with E-state index in [1.54, 1.807) is 11.8 Å². The molecule has 2 amide bonds. The third-order valence-electron chi connectivity index (χ3n) is 9.26. The number of hydrogen-bond donors (Lipinski definition) is 4. The summed E-state index contributed by atoms with van der Waals surface area (Å²) < 4.78 is 1.35. The van der Waals surface area contributed by atoms with Crippen LogP contribution in [0.25, 0.3) is 0 Å². The van der Waals surface area contributed by atoms with E-state index in [0.29, 0.717) is 32.6 Å². The highest BCUT2D eigenvalue weighted by molar-refractivity contribution is 8.00. The fraction of sp³-hybridized carbons (Fsp3) is 0.808. The number of hydrogen-bond acceptors (Lipinski definition) is 12. The van der Waals surface area contributed by atoms with Crippen LogP contribution in [0.5, 0.6) is 0 Å². The van der Waals surface area contributed by atoms with Crippen LogP contribution in [0.4, 0.5) is 0 Å². The number of aromatic nitrogens is 4. The van der Waals surface area contributed by atoms with Crippen LogP contribution in [0.2, 0.25) is 0 Å². The van der Waals surface area contributed by atoms with Gasteiger partial charge in [-0.1, -0.05) is 13.8 Å². The first-order valence-corrected chi connectivity index (χ1v) is 15.7. The van der Waals surface area contributed by atoms with Crippen molar-refractivity contribution in [1.82, 2.24) is 40.2 Å². The number of tetrazole rings is 1. The fourth-order valence-electron chi connectivity index (χ4n) is 7.12. The summed E-state index contributed by atoms with van der Waals surface area (Å²) in [6.45, 7) is 8.49. The average molecular weight is 607 g/mol. The number of carboxylic acids is 1. The van der Waals surface area contributed by atoms with Crippen LogP contribution in [0.1, 0.15) is 26.7 Å². The minimum absolute atomic E-state index is 0.0329. The maximum atomic E-state index is 13.3. The quantitative estimate of drug-likeness (QED) is 0.181. The molecule has 3 unspecified atom stereocenters. The Balaban J connectivity index is 1.15. The van der Waals surface area contributed by atoms with Crippen molar-refractivity contribution in [2.24, 2.45) is 29.2 Å². The predicted molar refractivity (Wildman–Crippen MR) is 153 cm³/mol. The van der Waals surface area contributed by atoms with E-state index >= 15 is 0 Å². The van der Waals surface area contributed by atoms with Gasteiger partial charge < -0.3 is 31.7 Å². The third kappa shape index (κ3) is 6.18. The van der Waals surface area contributed by atoms with E-state index < -0.39 is 17.9 Å². The summed E-state index contributed by atoms with van der Waals surface area (Å²) in [5.41, 5.74) is 11.6. The molecule has 6 N–H and O–H groups in total. The summed E-state index contributed by atoms with van der Waals surface area (Å²) in [5.74, 6) is -1.92. The SMILES string of the molecule is CC(CC(=O)Cn1cnnn1)[C@H]1C(=O)N2C(C(=O)O)C(S[C@@H]3CN[C@H](C(=O)N4CCN(C[C@H](N)CN)CC4)C3)[C@H](C)[C@H]12. The molecule has 4 fully saturated rings. The van der Waals surface area contributed by atoms with E-state index in [9.17, 15) is 24.3 Å². The number of β-lactam (4-membered cyclic amide) rings is 1. The van der Waals surface area contributed by atoms with Gasteiger partial charge in [-0.25, -0.2) is 9.48 Å². The molecule has 9 atom stereocenters. The molecule has 15 nitrogen and oxygen atoms in total. The highest BCUT2D eigenvalue weighted by Crippen LogP contribution is 2.51. The molecule has 4 aliphatic heterocycles. The van der Waals surface area contributed by atoms with Crippen LogP contribution in [0.15, 0.2) is 6.33 Å². The van der Waals surface area contributed by atoms with Gasteiger partial charge >= 0.3 is 5.97 Å². The predicted octanol–water partition coefficient (Wildman–Crippen LogP) is -2.54. The number of piperazine rings is 1. The first kappa shape index (κ1) is 30.8. The van der Waals surface area contributed by atoms with Crippen molar-refractivity contribution in [2.75, 3.05) is 45.8 Å². The van der Waals surface area contributed by atoms with Gasteiger partial charge in [-0.05, 0) is 28.7 Å². The molecule has 1 aromatic heterocycles. The molecular formula is C26H42N10O5S. The van der Waals surface area contributed by atoms with Gasteiger partial charge in [-0.3, -0.25) is 19.3 Å². The number of fused-ring (bicyclic) bond motifs is 1. The maximum Gasteiger partial charge on any atom is 0.327 e. The highest BCUT2D eigenvalue weighted by Gasteiger charge is 2.64. The Kier molecular flexibility index (Phi) is 9.47. The van der Waals surface area contributed by atoms with Crippen molar-refractivity contribution in [1.29, 1.82) is 0 Å². The Morgan fingerprint density at radius 1 is 1.24 bits per heavy atom. The molecule has 0 saturated carbocycles. The van der Waals surface area contributed by atoms with E-state index in [0.717, 1.165) is 19.6 Å². The molecule has 5 rings (SSSR count). The Morgan fingerprint density at radius 3 is 2.62 bits per heavy atom. The van der Waals surface area contributed by atoms with E-state index in [1.807, 2.05) is 18.7 Å². The molecule has 16 heteroatoms. The van der Waals surface area contributed by atoms with Crippen LogP contribution in [-0.2, 0) is 25.7 Å². The van der Waals surface area contributed by atoms with Crippen molar-refractivity contribution in [3.05, 3.63) is 6.33 Å². The molecule has 0 bridgehead atoms. The standard InChI is InChI=1S/C26H42N10O5S/c1-14(7-17(37)12-35-13-30-31-32-35)20-21-15(2)23(22(26(40)41)36(21)25(20)39)42-18-8-19(29-10-18)24(38)34-5-3-33(4-6-34)11-16(28)9-27/h13-16,18-23,29H,3-12,27-28H2,1-2H3,(H,40,41)/t14?,15-,16-,18+,19+,20-,21-,22?,23?/m1/s1. The molecule has 4 saturated heterocycles. The molecular weight excluding hydrogens is 564 g/mol. The summed E-state index contributed by atoms with van der Waals surface area (Å²) in [6.07, 6.45) is 2.17. The lowest BCUT2D eigenvalue weighted by atomic mass is 9.73. The smallest absolute Gasteiger partial charge is 0.327 e. The zero-order valence-corrected chi connectivity index (χ0v) is 24.9. The van der Waals surface area contributed by atoms with Crippen LogP contribution < -0.4 is 16.8 Å². The third-order valence-corrected chi connectivity index (χ3v) is 11.0. The first-order valence-electron chi connectivity index (χ1n) is 14.7. The van der Waals surface area contributed by atoms with Crippen LogP contribution in [0, 0.1) is 17.8 Å². The maximum absolute atomic E-state index is 13.3. The van der Waals surface area contributed by atoms with Gasteiger partial charge in [0.15, 0.2) is 5.78 Å². The summed E-state index contributed by atoms with van der Waals surface area (Å²) in [7, 11) is 0. The number of Topliss-reactive ketones (excluding diaryl/α,β-unsaturated/α-hetero) is 1. The van der Waals surface area contributed by atoms with Gasteiger partial charge in [0.05, 0.1) is 12.0 Å². The molecule has 42 heavy (non-hydrogen) atoms. The lowest BCUT2D eigenvalue weighted by Gasteiger charge is -2.48. The van der Waals surface area contributed by atoms with Crippen LogP contribution in [0.3, 0.4) is 0 Å². The number of nitrogens with zero attached hydrogens (tertiary/aromatic N) is 7. The van der Waals surface area contributed by atoms with Gasteiger partial charge in [-0.2, -0.15) is 11.8 Å².